The van der Waals surface area contributed by atoms with E-state index in [0.717, 1.165) is 39.0 Å². The van der Waals surface area contributed by atoms with Crippen molar-refractivity contribution in [3.05, 3.63) is 176 Å². The third-order valence-corrected chi connectivity index (χ3v) is 9.04. The van der Waals surface area contributed by atoms with Crippen LogP contribution in [0, 0.1) is 0 Å². The molecule has 0 aliphatic rings. The Morgan fingerprint density at radius 2 is 0.848 bits per heavy atom. The van der Waals surface area contributed by atoms with Gasteiger partial charge in [0.05, 0.1) is 0 Å². The molecular formula is C44H29NO. The van der Waals surface area contributed by atoms with Gasteiger partial charge in [0.1, 0.15) is 11.2 Å². The molecule has 0 spiro atoms. The topological polar surface area (TPSA) is 16.4 Å². The van der Waals surface area contributed by atoms with Crippen LogP contribution in [0.4, 0.5) is 17.1 Å². The van der Waals surface area contributed by atoms with Crippen LogP contribution in [-0.4, -0.2) is 0 Å². The number of furan rings is 1. The zero-order chi connectivity index (χ0) is 30.5. The second-order valence-electron chi connectivity index (χ2n) is 11.8. The zero-order valence-corrected chi connectivity index (χ0v) is 25.1. The van der Waals surface area contributed by atoms with Crippen molar-refractivity contribution in [1.29, 1.82) is 0 Å². The first kappa shape index (κ1) is 26.3. The van der Waals surface area contributed by atoms with Gasteiger partial charge in [-0.25, -0.2) is 0 Å². The normalized spacial score (nSPS) is 11.5. The molecule has 0 bridgehead atoms. The van der Waals surface area contributed by atoms with Crippen molar-refractivity contribution in [1.82, 2.24) is 0 Å². The molecule has 8 aromatic carbocycles. The summed E-state index contributed by atoms with van der Waals surface area (Å²) in [5.74, 6) is 0. The minimum absolute atomic E-state index is 0.888. The lowest BCUT2D eigenvalue weighted by Gasteiger charge is -2.27. The van der Waals surface area contributed by atoms with Gasteiger partial charge in [-0.15, -0.1) is 0 Å². The van der Waals surface area contributed by atoms with Crippen molar-refractivity contribution in [3.8, 4) is 22.3 Å². The lowest BCUT2D eigenvalue weighted by atomic mass is 9.93. The first-order chi connectivity index (χ1) is 22.8. The van der Waals surface area contributed by atoms with Gasteiger partial charge in [-0.2, -0.15) is 0 Å². The number of rotatable bonds is 5. The minimum Gasteiger partial charge on any atom is -0.456 e. The van der Waals surface area contributed by atoms with Gasteiger partial charge in [0.2, 0.25) is 0 Å². The van der Waals surface area contributed by atoms with Crippen molar-refractivity contribution in [2.45, 2.75) is 0 Å². The number of nitrogens with zero attached hydrogens (tertiary/aromatic N) is 1. The number of hydrogen-bond donors (Lipinski definition) is 0. The van der Waals surface area contributed by atoms with Gasteiger partial charge in [-0.05, 0) is 92.3 Å². The molecule has 0 unspecified atom stereocenters. The summed E-state index contributed by atoms with van der Waals surface area (Å²) < 4.78 is 6.23. The highest BCUT2D eigenvalue weighted by molar-refractivity contribution is 6.10. The standard InChI is InChI=1S/C44H29NO/c1-3-11-30(12-4-1)38-25-23-35(28-40(38)31-13-5-2-6-14-31)45(36-24-26-44-42(29-36)39-17-9-10-18-43(39)46-44)34-22-21-33-20-19-32-15-7-8-16-37(32)41(33)27-34/h1-29H. The molecule has 9 rings (SSSR count). The van der Waals surface area contributed by atoms with E-state index in [4.69, 9.17) is 4.42 Å². The summed E-state index contributed by atoms with van der Waals surface area (Å²) >= 11 is 0. The van der Waals surface area contributed by atoms with Crippen LogP contribution in [-0.2, 0) is 0 Å². The van der Waals surface area contributed by atoms with Gasteiger partial charge in [-0.1, -0.05) is 127 Å². The van der Waals surface area contributed by atoms with Crippen LogP contribution in [0.15, 0.2) is 180 Å². The molecule has 216 valence electrons. The van der Waals surface area contributed by atoms with Crippen molar-refractivity contribution >= 4 is 60.5 Å². The highest BCUT2D eigenvalue weighted by Crippen LogP contribution is 2.43. The van der Waals surface area contributed by atoms with Crippen molar-refractivity contribution in [2.24, 2.45) is 0 Å². The molecule has 0 aliphatic heterocycles. The Bertz CT molecular complexity index is 2530. The van der Waals surface area contributed by atoms with Crippen LogP contribution in [0.25, 0.3) is 65.7 Å². The summed E-state index contributed by atoms with van der Waals surface area (Å²) in [5, 5.41) is 7.18. The van der Waals surface area contributed by atoms with E-state index in [9.17, 15) is 0 Å². The lowest BCUT2D eigenvalue weighted by molar-refractivity contribution is 0.669. The van der Waals surface area contributed by atoms with E-state index in [0.29, 0.717) is 0 Å². The smallest absolute Gasteiger partial charge is 0.135 e. The van der Waals surface area contributed by atoms with E-state index >= 15 is 0 Å². The Labute approximate surface area is 267 Å². The predicted octanol–water partition coefficient (Wildman–Crippen LogP) is 12.7. The Morgan fingerprint density at radius 1 is 0.326 bits per heavy atom. The van der Waals surface area contributed by atoms with Gasteiger partial charge in [0.25, 0.3) is 0 Å². The summed E-state index contributed by atoms with van der Waals surface area (Å²) in [4.78, 5) is 2.38. The second kappa shape index (κ2) is 10.8. The number of benzene rings is 8. The molecular weight excluding hydrogens is 558 g/mol. The maximum atomic E-state index is 6.23. The Kier molecular flexibility index (Phi) is 6.17. The molecule has 0 radical (unpaired) electrons. The molecule has 0 fully saturated rings. The molecule has 46 heavy (non-hydrogen) atoms. The quantitative estimate of drug-likeness (QED) is 0.186. The van der Waals surface area contributed by atoms with E-state index in [-0.39, 0.29) is 0 Å². The van der Waals surface area contributed by atoms with Crippen LogP contribution < -0.4 is 4.90 Å². The lowest BCUT2D eigenvalue weighted by Crippen LogP contribution is -2.10. The molecule has 0 saturated carbocycles. The maximum Gasteiger partial charge on any atom is 0.135 e. The van der Waals surface area contributed by atoms with Crippen molar-refractivity contribution in [2.75, 3.05) is 4.90 Å². The predicted molar refractivity (Wildman–Crippen MR) is 194 cm³/mol. The molecule has 9 aromatic rings. The van der Waals surface area contributed by atoms with Gasteiger partial charge in [-0.3, -0.25) is 0 Å². The van der Waals surface area contributed by atoms with E-state index in [1.807, 2.05) is 12.1 Å². The van der Waals surface area contributed by atoms with Crippen molar-refractivity contribution < 1.29 is 4.42 Å². The minimum atomic E-state index is 0.888. The summed E-state index contributed by atoms with van der Waals surface area (Å²) in [7, 11) is 0. The molecule has 0 saturated heterocycles. The van der Waals surface area contributed by atoms with Crippen LogP contribution in [0.2, 0.25) is 0 Å². The van der Waals surface area contributed by atoms with E-state index in [2.05, 4.69) is 169 Å². The Balaban J connectivity index is 1.31. The first-order valence-electron chi connectivity index (χ1n) is 15.7. The van der Waals surface area contributed by atoms with Gasteiger partial charge < -0.3 is 9.32 Å². The molecule has 2 nitrogen and oxygen atoms in total. The first-order valence-corrected chi connectivity index (χ1v) is 15.7. The molecule has 2 heteroatoms. The number of para-hydroxylation sites is 1. The fraction of sp³-hybridized carbons (Fsp3) is 0. The third kappa shape index (κ3) is 4.43. The number of hydrogen-bond acceptors (Lipinski definition) is 2. The molecule has 1 aromatic heterocycles. The maximum absolute atomic E-state index is 6.23. The summed E-state index contributed by atoms with van der Waals surface area (Å²) in [6.45, 7) is 0. The summed E-state index contributed by atoms with van der Waals surface area (Å²) in [5.41, 5.74) is 9.83. The van der Waals surface area contributed by atoms with Crippen LogP contribution in [0.1, 0.15) is 0 Å². The molecule has 1 heterocycles. The average molecular weight is 588 g/mol. The largest absolute Gasteiger partial charge is 0.456 e. The zero-order valence-electron chi connectivity index (χ0n) is 25.1. The molecule has 0 amide bonds. The molecule has 0 N–H and O–H groups in total. The fourth-order valence-electron chi connectivity index (χ4n) is 6.83. The Hall–Kier alpha value is -6.12. The van der Waals surface area contributed by atoms with E-state index < -0.39 is 0 Å². The number of fused-ring (bicyclic) bond motifs is 6. The molecule has 0 atom stereocenters. The average Bonchev–Trinajstić information content (AvgIpc) is 3.50. The highest BCUT2D eigenvalue weighted by Gasteiger charge is 2.19. The fourth-order valence-corrected chi connectivity index (χ4v) is 6.83. The second-order valence-corrected chi connectivity index (χ2v) is 11.8. The van der Waals surface area contributed by atoms with E-state index in [1.165, 1.54) is 43.8 Å². The van der Waals surface area contributed by atoms with Gasteiger partial charge >= 0.3 is 0 Å². The molecule has 0 aliphatic carbocycles. The van der Waals surface area contributed by atoms with Gasteiger partial charge in [0, 0.05) is 27.8 Å². The Morgan fingerprint density at radius 3 is 1.63 bits per heavy atom. The van der Waals surface area contributed by atoms with E-state index in [1.54, 1.807) is 0 Å². The number of anilines is 3. The monoisotopic (exact) mass is 587 g/mol. The van der Waals surface area contributed by atoms with Crippen LogP contribution in [0.3, 0.4) is 0 Å². The highest BCUT2D eigenvalue weighted by atomic mass is 16.3. The summed E-state index contributed by atoms with van der Waals surface area (Å²) in [6, 6.07) is 62.9. The summed E-state index contributed by atoms with van der Waals surface area (Å²) in [6.07, 6.45) is 0. The third-order valence-electron chi connectivity index (χ3n) is 9.04. The van der Waals surface area contributed by atoms with Crippen LogP contribution in [0.5, 0.6) is 0 Å². The van der Waals surface area contributed by atoms with Gasteiger partial charge in [0.15, 0.2) is 0 Å². The SMILES string of the molecule is c1ccc(-c2ccc(N(c3ccc4ccc5ccccc5c4c3)c3ccc4oc5ccccc5c4c3)cc2-c2ccccc2)cc1. The van der Waals surface area contributed by atoms with Crippen molar-refractivity contribution in [3.63, 3.8) is 0 Å². The van der Waals surface area contributed by atoms with Crippen LogP contribution >= 0.6 is 0 Å².